The van der Waals surface area contributed by atoms with Gasteiger partial charge in [-0.15, -0.1) is 0 Å². The highest BCUT2D eigenvalue weighted by Gasteiger charge is 2.32. The topological polar surface area (TPSA) is 50.3 Å². The summed E-state index contributed by atoms with van der Waals surface area (Å²) in [7, 11) is 0.438. The summed E-state index contributed by atoms with van der Waals surface area (Å²) in [4.78, 5) is 19.2. The van der Waals surface area contributed by atoms with E-state index in [9.17, 15) is 17.8 Å². The number of hydrogen-bond acceptors (Lipinski definition) is 3. The van der Waals surface area contributed by atoms with Gasteiger partial charge >= 0.3 is 0 Å². The number of benzene rings is 1. The minimum Gasteiger partial charge on any atom is -0.335 e. The minimum absolute atomic E-state index is 0.0602. The molecular weight excluding hydrogens is 449 g/mol. The van der Waals surface area contributed by atoms with E-state index in [1.807, 2.05) is 43.3 Å². The summed E-state index contributed by atoms with van der Waals surface area (Å²) in [6.45, 7) is 4.37. The van der Waals surface area contributed by atoms with Gasteiger partial charge in [0.05, 0.1) is 5.25 Å². The number of hydrogen-bond donors (Lipinski definition) is 0. The first-order chi connectivity index (χ1) is 15.1. The Labute approximate surface area is 193 Å². The zero-order valence-electron chi connectivity index (χ0n) is 18.6. The molecule has 1 aliphatic carbocycles. The first-order valence-corrected chi connectivity index (χ1v) is 12.8. The van der Waals surface area contributed by atoms with Crippen molar-refractivity contribution in [1.82, 2.24) is 9.88 Å². The second kappa shape index (κ2) is 10.3. The molecule has 8 heteroatoms. The Morgan fingerprint density at radius 3 is 2.53 bits per heavy atom. The molecule has 32 heavy (non-hydrogen) atoms. The predicted octanol–water partition coefficient (Wildman–Crippen LogP) is 4.91. The standard InChI is InChI=1S/C24H29F2N2O2PS/c1-4-28(15-18-14-27-22(12-16(18)2)24(25,26)31)23(29)21-13-19(32(3)30)10-11-20(21)17-8-6-5-7-9-17/h5-9,12-14,19-20H,4,10-11,15,31H2,1-3H3. The summed E-state index contributed by atoms with van der Waals surface area (Å²) in [5, 5.41) is -0.153. The molecule has 0 N–H and O–H groups in total. The van der Waals surface area contributed by atoms with E-state index in [0.717, 1.165) is 24.0 Å². The maximum atomic E-state index is 13.6. The quantitative estimate of drug-likeness (QED) is 0.531. The van der Waals surface area contributed by atoms with Gasteiger partial charge in [-0.2, -0.15) is 8.78 Å². The number of nitrogens with zero attached hydrogens (tertiary/aromatic N) is 2. The van der Waals surface area contributed by atoms with Crippen LogP contribution in [0.2, 0.25) is 0 Å². The number of pyridine rings is 1. The lowest BCUT2D eigenvalue weighted by Gasteiger charge is -2.31. The van der Waals surface area contributed by atoms with Gasteiger partial charge in [-0.25, -0.2) is 0 Å². The van der Waals surface area contributed by atoms with Crippen LogP contribution in [0.1, 0.15) is 48.1 Å². The molecule has 0 saturated carbocycles. The van der Waals surface area contributed by atoms with Crippen molar-refractivity contribution in [2.45, 2.75) is 50.1 Å². The number of halogens is 2. The Kier molecular flexibility index (Phi) is 7.94. The van der Waals surface area contributed by atoms with Crippen LogP contribution >= 0.6 is 9.24 Å². The van der Waals surface area contributed by atoms with E-state index in [1.54, 1.807) is 18.1 Å². The van der Waals surface area contributed by atoms with E-state index in [4.69, 9.17) is 0 Å². The number of amides is 1. The summed E-state index contributed by atoms with van der Waals surface area (Å²) < 4.78 is 39.3. The first-order valence-electron chi connectivity index (χ1n) is 10.6. The summed E-state index contributed by atoms with van der Waals surface area (Å²) in [5.74, 6) is -0.175. The minimum atomic E-state index is -3.09. The smallest absolute Gasteiger partial charge is 0.300 e. The normalized spacial score (nSPS) is 19.9. The van der Waals surface area contributed by atoms with Crippen LogP contribution in [0.4, 0.5) is 8.78 Å². The lowest BCUT2D eigenvalue weighted by molar-refractivity contribution is -0.128. The summed E-state index contributed by atoms with van der Waals surface area (Å²) >= 11 is 0. The van der Waals surface area contributed by atoms with Gasteiger partial charge in [-0.05, 0) is 49.4 Å². The SMILES string of the molecule is CCN(Cc1cnc(C(F)(F)P)cc1C)C(=O)C1=CC(S(C)=O)CCC1c1ccccc1. The second-order valence-electron chi connectivity index (χ2n) is 8.14. The second-order valence-corrected chi connectivity index (χ2v) is 10.5. The van der Waals surface area contributed by atoms with Crippen LogP contribution in [0, 0.1) is 6.92 Å². The predicted molar refractivity (Wildman–Crippen MR) is 128 cm³/mol. The van der Waals surface area contributed by atoms with Gasteiger partial charge in [0.15, 0.2) is 0 Å². The molecule has 4 unspecified atom stereocenters. The molecule has 0 fully saturated rings. The largest absolute Gasteiger partial charge is 0.335 e. The maximum Gasteiger partial charge on any atom is 0.300 e. The van der Waals surface area contributed by atoms with Crippen molar-refractivity contribution in [3.63, 3.8) is 0 Å². The van der Waals surface area contributed by atoms with Crippen molar-refractivity contribution in [2.24, 2.45) is 0 Å². The molecule has 1 aromatic carbocycles. The fraction of sp³-hybridized carbons (Fsp3) is 0.417. The summed E-state index contributed by atoms with van der Waals surface area (Å²) in [5.41, 5.74) is -0.304. The average Bonchev–Trinajstić information content (AvgIpc) is 2.77. The summed E-state index contributed by atoms with van der Waals surface area (Å²) in [6.07, 6.45) is 6.49. The molecule has 1 heterocycles. The highest BCUT2D eigenvalue weighted by Crippen LogP contribution is 2.37. The first kappa shape index (κ1) is 24.7. The highest BCUT2D eigenvalue weighted by atomic mass is 32.2. The number of carbonyl (C=O) groups excluding carboxylic acids is 1. The fourth-order valence-electron chi connectivity index (χ4n) is 4.05. The number of aromatic nitrogens is 1. The molecule has 172 valence electrons. The third-order valence-corrected chi connectivity index (χ3v) is 7.47. The lowest BCUT2D eigenvalue weighted by atomic mass is 9.81. The van der Waals surface area contributed by atoms with Gasteiger partial charge in [0.25, 0.3) is 5.66 Å². The Morgan fingerprint density at radius 1 is 1.28 bits per heavy atom. The molecule has 4 atom stereocenters. The zero-order valence-corrected chi connectivity index (χ0v) is 20.5. The van der Waals surface area contributed by atoms with E-state index in [0.29, 0.717) is 17.7 Å². The summed E-state index contributed by atoms with van der Waals surface area (Å²) in [6, 6.07) is 11.2. The fourth-order valence-corrected chi connectivity index (χ4v) is 5.01. The Bertz CT molecular complexity index is 1020. The van der Waals surface area contributed by atoms with Gasteiger partial charge in [0.2, 0.25) is 5.91 Å². The molecule has 1 amide bonds. The zero-order chi connectivity index (χ0) is 23.5. The van der Waals surface area contributed by atoms with Crippen molar-refractivity contribution in [3.05, 3.63) is 76.6 Å². The van der Waals surface area contributed by atoms with Crippen molar-refractivity contribution >= 4 is 25.9 Å². The molecule has 3 rings (SSSR count). The number of rotatable bonds is 7. The Balaban J connectivity index is 1.91. The number of carbonyl (C=O) groups is 1. The van der Waals surface area contributed by atoms with Gasteiger partial charge in [0.1, 0.15) is 5.69 Å². The molecule has 0 saturated heterocycles. The number of aryl methyl sites for hydroxylation is 1. The third kappa shape index (κ3) is 5.68. The van der Waals surface area contributed by atoms with Crippen LogP contribution in [-0.2, 0) is 27.8 Å². The van der Waals surface area contributed by atoms with Crippen molar-refractivity contribution in [1.29, 1.82) is 0 Å². The maximum absolute atomic E-state index is 13.6. The van der Waals surface area contributed by atoms with Crippen LogP contribution in [0.3, 0.4) is 0 Å². The number of likely N-dealkylation sites (N-methyl/N-ethyl adjacent to an activating group) is 1. The van der Waals surface area contributed by atoms with Crippen molar-refractivity contribution in [2.75, 3.05) is 12.8 Å². The van der Waals surface area contributed by atoms with Gasteiger partial charge in [0, 0.05) is 47.8 Å². The van der Waals surface area contributed by atoms with Crippen molar-refractivity contribution < 1.29 is 17.8 Å². The monoisotopic (exact) mass is 478 g/mol. The van der Waals surface area contributed by atoms with E-state index in [1.165, 1.54) is 21.5 Å². The van der Waals surface area contributed by atoms with Crippen LogP contribution in [0.5, 0.6) is 0 Å². The van der Waals surface area contributed by atoms with Crippen molar-refractivity contribution in [3.8, 4) is 0 Å². The third-order valence-electron chi connectivity index (χ3n) is 5.95. The lowest BCUT2D eigenvalue weighted by Crippen LogP contribution is -2.36. The van der Waals surface area contributed by atoms with E-state index >= 15 is 0 Å². The highest BCUT2D eigenvalue weighted by molar-refractivity contribution is 7.85. The number of alkyl halides is 2. The van der Waals surface area contributed by atoms with Crippen LogP contribution in [-0.4, -0.2) is 38.1 Å². The molecule has 0 aliphatic heterocycles. The van der Waals surface area contributed by atoms with Gasteiger partial charge < -0.3 is 4.90 Å². The molecule has 1 aromatic heterocycles. The molecule has 1 aliphatic rings. The molecular formula is C24H29F2N2O2PS. The van der Waals surface area contributed by atoms with E-state index in [-0.39, 0.29) is 29.3 Å². The van der Waals surface area contributed by atoms with Gasteiger partial charge in [-0.1, -0.05) is 45.6 Å². The van der Waals surface area contributed by atoms with Gasteiger partial charge in [-0.3, -0.25) is 14.0 Å². The average molecular weight is 479 g/mol. The van der Waals surface area contributed by atoms with Crippen LogP contribution < -0.4 is 0 Å². The van der Waals surface area contributed by atoms with Crippen LogP contribution in [0.25, 0.3) is 0 Å². The van der Waals surface area contributed by atoms with E-state index in [2.05, 4.69) is 4.98 Å². The van der Waals surface area contributed by atoms with Crippen LogP contribution in [0.15, 0.2) is 54.2 Å². The molecule has 0 spiro atoms. The Morgan fingerprint density at radius 2 is 1.97 bits per heavy atom. The Hall–Kier alpha value is -1.98. The molecule has 4 nitrogen and oxygen atoms in total. The molecule has 0 bridgehead atoms. The van der Waals surface area contributed by atoms with E-state index < -0.39 is 16.5 Å². The molecule has 2 aromatic rings. The molecule has 0 radical (unpaired) electrons.